The first-order valence-corrected chi connectivity index (χ1v) is 1.22. The Kier molecular flexibility index (Phi) is 118. The SMILES string of the molecule is O=C([O-])[O-].O=[Si+2].[Ca+2].[Na+].[O-2]. The van der Waals surface area contributed by atoms with Crippen molar-refractivity contribution in [3.8, 4) is 0 Å². The molecule has 40 valence electrons. The predicted molar refractivity (Wildman–Crippen MR) is 18.3 cm³/mol. The minimum absolute atomic E-state index is 0. The average molecular weight is 183 g/mol. The maximum atomic E-state index is 8.33. The molecule has 0 aromatic rings. The summed E-state index contributed by atoms with van der Waals surface area (Å²) in [4.78, 5) is 8.33. The van der Waals surface area contributed by atoms with Crippen LogP contribution in [0.2, 0.25) is 0 Å². The van der Waals surface area contributed by atoms with Crippen LogP contribution >= 0.6 is 0 Å². The number of carbonyl (C=O) groups is 1. The molecule has 0 bridgehead atoms. The average Bonchev–Trinajstić information content (AvgIpc) is 1.41. The summed E-state index contributed by atoms with van der Waals surface area (Å²) >= 11 is 0. The van der Waals surface area contributed by atoms with E-state index in [9.17, 15) is 0 Å². The molecule has 5 nitrogen and oxygen atoms in total. The Morgan fingerprint density at radius 3 is 1.22 bits per heavy atom. The maximum absolute atomic E-state index is 8.33. The van der Waals surface area contributed by atoms with Crippen molar-refractivity contribution in [1.29, 1.82) is 0 Å². The standard InChI is InChI=1S/CH2O3.Ca.Na.OSi.O/c2-1(3)4;;;1-2;/h(H2,2,3,4);;;;/q;+2;+1;+2;-2/p-2. The molecule has 0 spiro atoms. The summed E-state index contributed by atoms with van der Waals surface area (Å²) in [5.74, 6) is 0. The summed E-state index contributed by atoms with van der Waals surface area (Å²) in [5, 5.41) is 16.7. The molecule has 0 atom stereocenters. The summed E-state index contributed by atoms with van der Waals surface area (Å²) in [6.07, 6.45) is -2.33. The van der Waals surface area contributed by atoms with E-state index in [0.717, 1.165) is 0 Å². The second kappa shape index (κ2) is 33.9. The van der Waals surface area contributed by atoms with Crippen LogP contribution < -0.4 is 39.8 Å². The van der Waals surface area contributed by atoms with Gasteiger partial charge in [0, 0.05) is 0 Å². The van der Waals surface area contributed by atoms with Gasteiger partial charge >= 0.3 is 81.9 Å². The molecule has 0 rings (SSSR count). The van der Waals surface area contributed by atoms with Gasteiger partial charge in [-0.15, -0.1) is 0 Å². The van der Waals surface area contributed by atoms with Crippen LogP contribution in [0.15, 0.2) is 0 Å². The van der Waals surface area contributed by atoms with Gasteiger partial charge < -0.3 is 20.5 Å². The second-order valence-corrected chi connectivity index (χ2v) is 0.250. The third-order valence-electron chi connectivity index (χ3n) is 0. The molecule has 0 amide bonds. The molecule has 0 aromatic heterocycles. The van der Waals surface area contributed by atoms with Gasteiger partial charge in [0.1, 0.15) is 0 Å². The van der Waals surface area contributed by atoms with Crippen molar-refractivity contribution < 1.29 is 54.5 Å². The van der Waals surface area contributed by atoms with E-state index >= 15 is 0 Å². The Balaban J connectivity index is -0.00000000990. The molecule has 0 N–H and O–H groups in total. The molecule has 0 heterocycles. The molecule has 8 heteroatoms. The van der Waals surface area contributed by atoms with Crippen molar-refractivity contribution in [1.82, 2.24) is 0 Å². The fourth-order valence-corrected chi connectivity index (χ4v) is 0. The van der Waals surface area contributed by atoms with Crippen LogP contribution in [0.1, 0.15) is 0 Å². The number of hydrogen-bond donors (Lipinski definition) is 0. The van der Waals surface area contributed by atoms with Gasteiger partial charge in [0.25, 0.3) is 0 Å². The first-order valence-electron chi connectivity index (χ1n) is 0.816. The molecular formula is CCaNaO5Si+. The molecule has 0 aliphatic rings. The van der Waals surface area contributed by atoms with E-state index in [1.807, 2.05) is 0 Å². The predicted octanol–water partition coefficient (Wildman–Crippen LogP) is -6.44. The zero-order chi connectivity index (χ0) is 5.58. The van der Waals surface area contributed by atoms with Gasteiger partial charge in [-0.05, 0) is 6.16 Å². The van der Waals surface area contributed by atoms with E-state index in [2.05, 4.69) is 0 Å². The summed E-state index contributed by atoms with van der Waals surface area (Å²) < 4.78 is 8.06. The van der Waals surface area contributed by atoms with Crippen LogP contribution in [0.25, 0.3) is 0 Å². The van der Waals surface area contributed by atoms with E-state index in [0.29, 0.717) is 0 Å². The van der Waals surface area contributed by atoms with Crippen molar-refractivity contribution in [3.05, 3.63) is 0 Å². The minimum atomic E-state index is -2.33. The number of hydrogen-bond acceptors (Lipinski definition) is 4. The van der Waals surface area contributed by atoms with E-state index in [1.165, 1.54) is 0 Å². The largest absolute Gasteiger partial charge is 2.00 e. The Bertz CT molecular complexity index is 48.2. The third-order valence-corrected chi connectivity index (χ3v) is 0. The topological polar surface area (TPSA) is 109 Å². The molecule has 0 saturated heterocycles. The van der Waals surface area contributed by atoms with Crippen LogP contribution in [0, 0.1) is 0 Å². The molecule has 0 saturated carbocycles. The molecule has 0 aliphatic heterocycles. The molecule has 0 aromatic carbocycles. The van der Waals surface area contributed by atoms with E-state index in [4.69, 9.17) is 19.5 Å². The van der Waals surface area contributed by atoms with Crippen molar-refractivity contribution >= 4 is 54.0 Å². The van der Waals surface area contributed by atoms with Gasteiger partial charge in [-0.1, -0.05) is 0 Å². The van der Waals surface area contributed by atoms with Crippen molar-refractivity contribution in [2.45, 2.75) is 0 Å². The number of rotatable bonds is 0. The molecular weight excluding hydrogens is 183 g/mol. The van der Waals surface area contributed by atoms with Crippen molar-refractivity contribution in [3.63, 3.8) is 0 Å². The summed E-state index contributed by atoms with van der Waals surface area (Å²) in [5.41, 5.74) is 0. The Morgan fingerprint density at radius 1 is 1.22 bits per heavy atom. The Hall–Kier alpha value is 1.51. The molecule has 0 unspecified atom stereocenters. The number of carboxylic acid groups (broad SMARTS) is 2. The smallest absolute Gasteiger partial charge is 2.00 e. The van der Waals surface area contributed by atoms with Gasteiger partial charge in [-0.2, -0.15) is 0 Å². The summed E-state index contributed by atoms with van der Waals surface area (Å²) in [7, 11) is 1.72. The monoisotopic (exact) mass is 183 g/mol. The fourth-order valence-electron chi connectivity index (χ4n) is 0. The first kappa shape index (κ1) is 31.3. The van der Waals surface area contributed by atoms with E-state index in [1.54, 1.807) is 10.1 Å². The van der Waals surface area contributed by atoms with E-state index in [-0.39, 0.29) is 72.8 Å². The molecule has 0 radical (unpaired) electrons. The summed E-state index contributed by atoms with van der Waals surface area (Å²) in [6, 6.07) is 0. The minimum Gasteiger partial charge on any atom is -2.00 e. The van der Waals surface area contributed by atoms with Gasteiger partial charge in [-0.3, -0.25) is 0 Å². The van der Waals surface area contributed by atoms with Crippen LogP contribution in [0.4, 0.5) is 4.79 Å². The van der Waals surface area contributed by atoms with Crippen LogP contribution in [0.3, 0.4) is 0 Å². The van der Waals surface area contributed by atoms with Crippen LogP contribution in [0.5, 0.6) is 0 Å². The van der Waals surface area contributed by atoms with Crippen molar-refractivity contribution in [2.24, 2.45) is 0 Å². The quantitative estimate of drug-likeness (QED) is 0.348. The Labute approximate surface area is 107 Å². The van der Waals surface area contributed by atoms with E-state index < -0.39 is 6.16 Å². The molecule has 9 heavy (non-hydrogen) atoms. The molecule has 0 fully saturated rings. The normalized spacial score (nSPS) is 3.33. The zero-order valence-electron chi connectivity index (χ0n) is 4.75. The first-order chi connectivity index (χ1) is 2.73. The summed E-state index contributed by atoms with van der Waals surface area (Å²) in [6.45, 7) is 0. The van der Waals surface area contributed by atoms with Gasteiger partial charge in [-0.25, -0.2) is 0 Å². The van der Waals surface area contributed by atoms with Gasteiger partial charge in [0.15, 0.2) is 0 Å². The fraction of sp³-hybridized carbons (Fsp3) is 0. The molecule has 0 aliphatic carbocycles. The maximum Gasteiger partial charge on any atom is 2.00 e. The zero-order valence-corrected chi connectivity index (χ0v) is 9.96. The van der Waals surface area contributed by atoms with Crippen molar-refractivity contribution in [2.75, 3.05) is 0 Å². The third kappa shape index (κ3) is 236. The van der Waals surface area contributed by atoms with Crippen LogP contribution in [-0.4, -0.2) is 54.0 Å². The van der Waals surface area contributed by atoms with Crippen LogP contribution in [-0.2, 0) is 9.94 Å². The number of carbonyl (C=O) groups excluding carboxylic acids is 1. The second-order valence-electron chi connectivity index (χ2n) is 0.250. The van der Waals surface area contributed by atoms with Gasteiger partial charge in [0.05, 0.1) is 0 Å². The van der Waals surface area contributed by atoms with Gasteiger partial charge in [0.2, 0.25) is 0 Å². The Morgan fingerprint density at radius 2 is 1.22 bits per heavy atom.